The van der Waals surface area contributed by atoms with E-state index < -0.39 is 22.8 Å². The second kappa shape index (κ2) is 8.83. The Labute approximate surface area is 164 Å². The molecule has 0 unspecified atom stereocenters. The molecule has 146 valence electrons. The average Bonchev–Trinajstić information content (AvgIpc) is 3.11. The van der Waals surface area contributed by atoms with Gasteiger partial charge in [-0.1, -0.05) is 23.9 Å². The first-order valence-corrected chi connectivity index (χ1v) is 9.20. The lowest BCUT2D eigenvalue weighted by molar-refractivity contribution is -0.115. The maximum Gasteiger partial charge on any atom is 0.277 e. The lowest BCUT2D eigenvalue weighted by Crippen LogP contribution is -2.23. The van der Waals surface area contributed by atoms with Crippen LogP contribution in [0, 0.1) is 11.6 Å². The number of amides is 1. The third kappa shape index (κ3) is 5.07. The molecule has 0 saturated heterocycles. The van der Waals surface area contributed by atoms with E-state index in [-0.39, 0.29) is 10.9 Å². The van der Waals surface area contributed by atoms with Crippen molar-refractivity contribution in [1.29, 1.82) is 0 Å². The smallest absolute Gasteiger partial charge is 0.277 e. The van der Waals surface area contributed by atoms with E-state index in [1.165, 1.54) is 6.07 Å². The molecule has 6 nitrogen and oxygen atoms in total. The summed E-state index contributed by atoms with van der Waals surface area (Å²) < 4.78 is 37.3. The van der Waals surface area contributed by atoms with Gasteiger partial charge in [0, 0.05) is 6.07 Å². The summed E-state index contributed by atoms with van der Waals surface area (Å²) in [4.78, 5) is 12.2. The zero-order valence-electron chi connectivity index (χ0n) is 15.1. The van der Waals surface area contributed by atoms with Crippen LogP contribution in [0.4, 0.5) is 14.5 Å². The van der Waals surface area contributed by atoms with Crippen LogP contribution in [0.2, 0.25) is 0 Å². The summed E-state index contributed by atoms with van der Waals surface area (Å²) in [5.41, 5.74) is 0.878. The standard InChI is InChI=1S/C19H17F2N3O3S/c1-11(18(25)22-16-8-5-13(20)10-15(16)21)28-19-24-23-17(27-19)9-12-3-6-14(26-2)7-4-12/h3-8,10-11H,9H2,1-2H3,(H,22,25)/t11-/m1/s1. The van der Waals surface area contributed by atoms with Crippen LogP contribution in [0.25, 0.3) is 0 Å². The monoisotopic (exact) mass is 405 g/mol. The number of nitrogens with zero attached hydrogens (tertiary/aromatic N) is 2. The zero-order chi connectivity index (χ0) is 20.1. The molecule has 0 bridgehead atoms. The second-order valence-corrected chi connectivity index (χ2v) is 7.15. The first-order chi connectivity index (χ1) is 13.4. The number of ether oxygens (including phenoxy) is 1. The molecule has 1 heterocycles. The van der Waals surface area contributed by atoms with E-state index in [0.29, 0.717) is 18.4 Å². The molecule has 0 aliphatic rings. The van der Waals surface area contributed by atoms with Gasteiger partial charge in [-0.15, -0.1) is 10.2 Å². The number of methoxy groups -OCH3 is 1. The fourth-order valence-electron chi connectivity index (χ4n) is 2.31. The number of carbonyl (C=O) groups excluding carboxylic acids is 1. The van der Waals surface area contributed by atoms with E-state index in [1.54, 1.807) is 14.0 Å². The molecule has 0 radical (unpaired) electrons. The molecule has 9 heteroatoms. The summed E-state index contributed by atoms with van der Waals surface area (Å²) in [6.45, 7) is 1.62. The minimum absolute atomic E-state index is 0.0930. The van der Waals surface area contributed by atoms with Crippen LogP contribution < -0.4 is 10.1 Å². The van der Waals surface area contributed by atoms with Gasteiger partial charge in [0.1, 0.15) is 17.4 Å². The van der Waals surface area contributed by atoms with Crippen molar-refractivity contribution in [2.75, 3.05) is 12.4 Å². The number of carbonyl (C=O) groups is 1. The highest BCUT2D eigenvalue weighted by atomic mass is 32.2. The summed E-state index contributed by atoms with van der Waals surface area (Å²) in [6, 6.07) is 10.4. The van der Waals surface area contributed by atoms with Crippen molar-refractivity contribution >= 4 is 23.4 Å². The Bertz CT molecular complexity index is 963. The van der Waals surface area contributed by atoms with Gasteiger partial charge in [-0.3, -0.25) is 4.79 Å². The maximum absolute atomic E-state index is 13.6. The van der Waals surface area contributed by atoms with E-state index in [0.717, 1.165) is 29.1 Å². The second-order valence-electron chi connectivity index (χ2n) is 5.86. The van der Waals surface area contributed by atoms with Gasteiger partial charge in [-0.05, 0) is 36.8 Å². The highest BCUT2D eigenvalue weighted by Crippen LogP contribution is 2.25. The van der Waals surface area contributed by atoms with Gasteiger partial charge in [-0.2, -0.15) is 0 Å². The lowest BCUT2D eigenvalue weighted by atomic mass is 10.1. The van der Waals surface area contributed by atoms with Gasteiger partial charge in [0.25, 0.3) is 5.22 Å². The normalized spacial score (nSPS) is 11.9. The molecule has 1 aromatic heterocycles. The molecule has 0 spiro atoms. The van der Waals surface area contributed by atoms with Crippen LogP contribution >= 0.6 is 11.8 Å². The fourth-order valence-corrected chi connectivity index (χ4v) is 3.01. The molecule has 1 atom stereocenters. The molecule has 3 rings (SSSR count). The Morgan fingerprint density at radius 2 is 1.96 bits per heavy atom. The van der Waals surface area contributed by atoms with E-state index >= 15 is 0 Å². The number of benzene rings is 2. The van der Waals surface area contributed by atoms with Gasteiger partial charge >= 0.3 is 0 Å². The third-order valence-electron chi connectivity index (χ3n) is 3.80. The first kappa shape index (κ1) is 19.8. The van der Waals surface area contributed by atoms with Crippen LogP contribution in [0.3, 0.4) is 0 Å². The van der Waals surface area contributed by atoms with E-state index in [1.807, 2.05) is 24.3 Å². The summed E-state index contributed by atoms with van der Waals surface area (Å²) in [7, 11) is 1.60. The molecular weight excluding hydrogens is 388 g/mol. The Morgan fingerprint density at radius 3 is 2.64 bits per heavy atom. The van der Waals surface area contributed by atoms with Gasteiger partial charge in [0.15, 0.2) is 0 Å². The molecule has 1 amide bonds. The molecule has 28 heavy (non-hydrogen) atoms. The lowest BCUT2D eigenvalue weighted by Gasteiger charge is -2.10. The Kier molecular flexibility index (Phi) is 6.25. The number of thioether (sulfide) groups is 1. The van der Waals surface area contributed by atoms with Gasteiger partial charge in [0.05, 0.1) is 24.5 Å². The van der Waals surface area contributed by atoms with Crippen molar-refractivity contribution in [2.45, 2.75) is 23.8 Å². The highest BCUT2D eigenvalue weighted by molar-refractivity contribution is 8.00. The number of aromatic nitrogens is 2. The zero-order valence-corrected chi connectivity index (χ0v) is 15.9. The van der Waals surface area contributed by atoms with Crippen molar-refractivity contribution in [1.82, 2.24) is 10.2 Å². The average molecular weight is 405 g/mol. The van der Waals surface area contributed by atoms with Crippen molar-refractivity contribution in [3.63, 3.8) is 0 Å². The van der Waals surface area contributed by atoms with E-state index in [2.05, 4.69) is 15.5 Å². The quantitative estimate of drug-likeness (QED) is 0.597. The van der Waals surface area contributed by atoms with Gasteiger partial charge in [-0.25, -0.2) is 8.78 Å². The topological polar surface area (TPSA) is 77.2 Å². The third-order valence-corrected chi connectivity index (χ3v) is 4.73. The van der Waals surface area contributed by atoms with E-state index in [9.17, 15) is 13.6 Å². The van der Waals surface area contributed by atoms with Crippen LogP contribution in [-0.4, -0.2) is 28.5 Å². The summed E-state index contributed by atoms with van der Waals surface area (Å²) in [5.74, 6) is -0.864. The number of anilines is 1. The Balaban J connectivity index is 1.58. The van der Waals surface area contributed by atoms with Crippen LogP contribution in [0.1, 0.15) is 18.4 Å². The predicted molar refractivity (Wildman–Crippen MR) is 100 cm³/mol. The van der Waals surface area contributed by atoms with Crippen LogP contribution in [0.5, 0.6) is 5.75 Å². The molecule has 0 fully saturated rings. The summed E-state index contributed by atoms with van der Waals surface area (Å²) in [5, 5.41) is 9.91. The van der Waals surface area contributed by atoms with Crippen molar-refractivity contribution in [3.05, 3.63) is 65.6 Å². The Hall–Kier alpha value is -2.94. The van der Waals surface area contributed by atoms with Crippen molar-refractivity contribution in [3.8, 4) is 5.75 Å². The maximum atomic E-state index is 13.6. The number of rotatable bonds is 7. The van der Waals surface area contributed by atoms with Crippen molar-refractivity contribution < 1.29 is 22.7 Å². The molecule has 0 aliphatic carbocycles. The van der Waals surface area contributed by atoms with Crippen LogP contribution in [0.15, 0.2) is 52.1 Å². The van der Waals surface area contributed by atoms with Gasteiger partial charge < -0.3 is 14.5 Å². The van der Waals surface area contributed by atoms with E-state index in [4.69, 9.17) is 9.15 Å². The minimum atomic E-state index is -0.842. The predicted octanol–water partition coefficient (Wildman–Crippen LogP) is 4.07. The molecule has 1 N–H and O–H groups in total. The number of nitrogens with one attached hydrogen (secondary N) is 1. The summed E-state index contributed by atoms with van der Waals surface area (Å²) in [6.07, 6.45) is 0.443. The van der Waals surface area contributed by atoms with Gasteiger partial charge in [0.2, 0.25) is 11.8 Å². The fraction of sp³-hybridized carbons (Fsp3) is 0.211. The largest absolute Gasteiger partial charge is 0.497 e. The van der Waals surface area contributed by atoms with Crippen LogP contribution in [-0.2, 0) is 11.2 Å². The number of halogens is 2. The minimum Gasteiger partial charge on any atom is -0.497 e. The number of hydrogen-bond donors (Lipinski definition) is 1. The Morgan fingerprint density at radius 1 is 1.21 bits per heavy atom. The molecular formula is C19H17F2N3O3S. The highest BCUT2D eigenvalue weighted by Gasteiger charge is 2.20. The molecule has 3 aromatic rings. The summed E-state index contributed by atoms with van der Waals surface area (Å²) >= 11 is 1.05. The molecule has 0 saturated carbocycles. The molecule has 0 aliphatic heterocycles. The number of hydrogen-bond acceptors (Lipinski definition) is 6. The van der Waals surface area contributed by atoms with Crippen molar-refractivity contribution in [2.24, 2.45) is 0 Å². The first-order valence-electron chi connectivity index (χ1n) is 8.32. The molecule has 2 aromatic carbocycles. The SMILES string of the molecule is COc1ccc(Cc2nnc(S[C@H](C)C(=O)Nc3ccc(F)cc3F)o2)cc1.